The first-order chi connectivity index (χ1) is 7.71. The Morgan fingerprint density at radius 1 is 1.53 bits per heavy atom. The van der Waals surface area contributed by atoms with Gasteiger partial charge in [-0.05, 0) is 19.4 Å². The maximum atomic E-state index is 12.6. The topological polar surface area (TPSA) is 60.9 Å². The zero-order valence-corrected chi connectivity index (χ0v) is 9.58. The molecule has 4 nitrogen and oxygen atoms in total. The second kappa shape index (κ2) is 4.48. The van der Waals surface area contributed by atoms with E-state index in [9.17, 15) is 18.0 Å². The fourth-order valence-corrected chi connectivity index (χ4v) is 1.31. The van der Waals surface area contributed by atoms with Gasteiger partial charge in [0.25, 0.3) is 0 Å². The van der Waals surface area contributed by atoms with E-state index in [-0.39, 0.29) is 5.69 Å². The van der Waals surface area contributed by atoms with Crippen LogP contribution in [0.1, 0.15) is 30.8 Å². The molecule has 0 aliphatic carbocycles. The summed E-state index contributed by atoms with van der Waals surface area (Å²) in [5.41, 5.74) is 2.07. The molecule has 0 radical (unpaired) electrons. The molecule has 0 saturated heterocycles. The zero-order chi connectivity index (χ0) is 13.3. The number of aromatic nitrogens is 2. The molecule has 0 bridgehead atoms. The predicted molar refractivity (Wildman–Crippen MR) is 55.5 cm³/mol. The van der Waals surface area contributed by atoms with Gasteiger partial charge in [-0.2, -0.15) is 18.3 Å². The lowest BCUT2D eigenvalue weighted by molar-refractivity contribution is -0.166. The summed E-state index contributed by atoms with van der Waals surface area (Å²) in [5.74, 6) is -1.17. The number of Topliss-reactive ketones (excluding diaryl/α,β-unsaturated/α-hetero) is 1. The number of nitrogens with zero attached hydrogens (tertiary/aromatic N) is 2. The van der Waals surface area contributed by atoms with E-state index in [1.807, 2.05) is 6.92 Å². The van der Waals surface area contributed by atoms with E-state index in [2.05, 4.69) is 5.10 Å². The maximum absolute atomic E-state index is 12.6. The average molecular weight is 249 g/mol. The number of aryl methyl sites for hydroxylation is 1. The molecule has 17 heavy (non-hydrogen) atoms. The molecule has 1 aromatic rings. The molecular weight excluding hydrogens is 235 g/mol. The van der Waals surface area contributed by atoms with Crippen molar-refractivity contribution in [3.05, 3.63) is 18.0 Å². The van der Waals surface area contributed by atoms with Crippen molar-refractivity contribution in [3.8, 4) is 0 Å². The smallest absolute Gasteiger partial charge is 0.311 e. The molecule has 1 rings (SSSR count). The predicted octanol–water partition coefficient (Wildman–Crippen LogP) is 1.76. The lowest BCUT2D eigenvalue weighted by Gasteiger charge is -2.25. The van der Waals surface area contributed by atoms with Crippen LogP contribution in [0.2, 0.25) is 0 Å². The lowest BCUT2D eigenvalue weighted by atomic mass is 9.94. The van der Waals surface area contributed by atoms with Crippen LogP contribution in [0.15, 0.2) is 12.3 Å². The van der Waals surface area contributed by atoms with Crippen LogP contribution in [0.5, 0.6) is 0 Å². The Morgan fingerprint density at radius 2 is 2.12 bits per heavy atom. The second-order valence-electron chi connectivity index (χ2n) is 3.97. The van der Waals surface area contributed by atoms with Crippen LogP contribution in [0.25, 0.3) is 0 Å². The highest BCUT2D eigenvalue weighted by Gasteiger charge is 2.54. The SMILES string of the molecule is CCCn1nccc1C(=O)C(C)(N)C(F)(F)F. The summed E-state index contributed by atoms with van der Waals surface area (Å²) < 4.78 is 39.1. The van der Waals surface area contributed by atoms with E-state index in [0.717, 1.165) is 0 Å². The fourth-order valence-electron chi connectivity index (χ4n) is 1.31. The zero-order valence-electron chi connectivity index (χ0n) is 9.58. The lowest BCUT2D eigenvalue weighted by Crippen LogP contribution is -2.57. The summed E-state index contributed by atoms with van der Waals surface area (Å²) in [4.78, 5) is 11.8. The summed E-state index contributed by atoms with van der Waals surface area (Å²) in [5, 5.41) is 3.80. The van der Waals surface area contributed by atoms with Crippen molar-refractivity contribution in [1.29, 1.82) is 0 Å². The number of hydrogen-bond acceptors (Lipinski definition) is 3. The van der Waals surface area contributed by atoms with Gasteiger partial charge in [0.15, 0.2) is 5.54 Å². The molecule has 1 aromatic heterocycles. The van der Waals surface area contributed by atoms with E-state index in [1.54, 1.807) is 0 Å². The monoisotopic (exact) mass is 249 g/mol. The molecule has 96 valence electrons. The van der Waals surface area contributed by atoms with Gasteiger partial charge in [-0.3, -0.25) is 9.48 Å². The Hall–Kier alpha value is -1.37. The van der Waals surface area contributed by atoms with Gasteiger partial charge in [0.2, 0.25) is 5.78 Å². The van der Waals surface area contributed by atoms with Gasteiger partial charge < -0.3 is 5.73 Å². The minimum Gasteiger partial charge on any atom is -0.311 e. The van der Waals surface area contributed by atoms with Crippen molar-refractivity contribution >= 4 is 5.78 Å². The molecule has 0 saturated carbocycles. The van der Waals surface area contributed by atoms with Crippen LogP contribution in [-0.4, -0.2) is 27.3 Å². The number of carbonyl (C=O) groups excluding carboxylic acids is 1. The van der Waals surface area contributed by atoms with Crippen LogP contribution in [0.3, 0.4) is 0 Å². The molecule has 1 unspecified atom stereocenters. The van der Waals surface area contributed by atoms with Crippen molar-refractivity contribution in [3.63, 3.8) is 0 Å². The minimum atomic E-state index is -4.79. The Bertz CT molecular complexity index is 409. The fraction of sp³-hybridized carbons (Fsp3) is 0.600. The van der Waals surface area contributed by atoms with E-state index in [4.69, 9.17) is 5.73 Å². The number of hydrogen-bond donors (Lipinski definition) is 1. The van der Waals surface area contributed by atoms with Crippen LogP contribution in [0, 0.1) is 0 Å². The Kier molecular flexibility index (Phi) is 3.61. The third-order valence-electron chi connectivity index (χ3n) is 2.45. The Balaban J connectivity index is 3.08. The van der Waals surface area contributed by atoms with Crippen molar-refractivity contribution in [2.24, 2.45) is 5.73 Å². The normalized spacial score (nSPS) is 15.6. The molecule has 1 atom stereocenters. The van der Waals surface area contributed by atoms with E-state index < -0.39 is 17.5 Å². The summed E-state index contributed by atoms with van der Waals surface area (Å²) in [6.07, 6.45) is -2.84. The van der Waals surface area contributed by atoms with Gasteiger partial charge in [0, 0.05) is 12.7 Å². The number of carbonyl (C=O) groups is 1. The summed E-state index contributed by atoms with van der Waals surface area (Å²) >= 11 is 0. The van der Waals surface area contributed by atoms with E-state index in [0.29, 0.717) is 19.9 Å². The molecule has 0 aromatic carbocycles. The van der Waals surface area contributed by atoms with Crippen LogP contribution >= 0.6 is 0 Å². The molecule has 0 amide bonds. The van der Waals surface area contributed by atoms with Gasteiger partial charge in [-0.25, -0.2) is 0 Å². The van der Waals surface area contributed by atoms with Crippen LogP contribution < -0.4 is 5.73 Å². The minimum absolute atomic E-state index is 0.117. The molecule has 7 heteroatoms. The van der Waals surface area contributed by atoms with E-state index >= 15 is 0 Å². The summed E-state index contributed by atoms with van der Waals surface area (Å²) in [6, 6.07) is 1.24. The highest BCUT2D eigenvalue weighted by Crippen LogP contribution is 2.30. The van der Waals surface area contributed by atoms with Gasteiger partial charge in [0.05, 0.1) is 0 Å². The standard InChI is InChI=1S/C10H14F3N3O/c1-3-6-16-7(4-5-15-16)8(17)9(2,14)10(11,12)13/h4-5H,3,6,14H2,1-2H3. The molecule has 1 heterocycles. The second-order valence-corrected chi connectivity index (χ2v) is 3.97. The molecule has 2 N–H and O–H groups in total. The first kappa shape index (κ1) is 13.7. The Labute approximate surface area is 96.6 Å². The quantitative estimate of drug-likeness (QED) is 0.827. The summed E-state index contributed by atoms with van der Waals surface area (Å²) in [7, 11) is 0. The van der Waals surface area contributed by atoms with Crippen LogP contribution in [0.4, 0.5) is 13.2 Å². The number of rotatable bonds is 4. The number of ketones is 1. The van der Waals surface area contributed by atoms with Crippen LogP contribution in [-0.2, 0) is 6.54 Å². The van der Waals surface area contributed by atoms with Gasteiger partial charge in [0.1, 0.15) is 5.69 Å². The molecule has 0 aliphatic heterocycles. The molecular formula is C10H14F3N3O. The Morgan fingerprint density at radius 3 is 2.59 bits per heavy atom. The van der Waals surface area contributed by atoms with Gasteiger partial charge >= 0.3 is 6.18 Å². The van der Waals surface area contributed by atoms with Crippen molar-refractivity contribution < 1.29 is 18.0 Å². The highest BCUT2D eigenvalue weighted by atomic mass is 19.4. The van der Waals surface area contributed by atoms with Gasteiger partial charge in [-0.15, -0.1) is 0 Å². The average Bonchev–Trinajstić information content (AvgIpc) is 2.63. The van der Waals surface area contributed by atoms with E-state index in [1.165, 1.54) is 16.9 Å². The van der Waals surface area contributed by atoms with Crippen molar-refractivity contribution in [1.82, 2.24) is 9.78 Å². The number of halogens is 3. The third kappa shape index (κ3) is 2.49. The molecule has 0 aliphatic rings. The first-order valence-electron chi connectivity index (χ1n) is 5.14. The number of alkyl halides is 3. The third-order valence-corrected chi connectivity index (χ3v) is 2.45. The largest absolute Gasteiger partial charge is 0.413 e. The highest BCUT2D eigenvalue weighted by molar-refractivity contribution is 6.02. The number of nitrogens with two attached hydrogens (primary N) is 1. The molecule has 0 fully saturated rings. The van der Waals surface area contributed by atoms with Gasteiger partial charge in [-0.1, -0.05) is 6.92 Å². The van der Waals surface area contributed by atoms with Crippen molar-refractivity contribution in [2.75, 3.05) is 0 Å². The molecule has 0 spiro atoms. The maximum Gasteiger partial charge on any atom is 0.413 e. The first-order valence-corrected chi connectivity index (χ1v) is 5.14. The summed E-state index contributed by atoms with van der Waals surface area (Å²) in [6.45, 7) is 2.88. The van der Waals surface area contributed by atoms with Crippen molar-refractivity contribution in [2.45, 2.75) is 38.5 Å².